The molecule has 0 amide bonds. The highest BCUT2D eigenvalue weighted by atomic mass is 28.4. The second-order valence-corrected chi connectivity index (χ2v) is 15.9. The maximum atomic E-state index is 6.84. The number of anilines is 1. The Balaban J connectivity index is 1.12. The molecule has 254 valence electrons. The van der Waals surface area contributed by atoms with Gasteiger partial charge in [-0.2, -0.15) is 0 Å². The Hall–Kier alpha value is -2.80. The van der Waals surface area contributed by atoms with Crippen LogP contribution in [0.4, 0.5) is 5.69 Å². The van der Waals surface area contributed by atoms with Crippen molar-refractivity contribution in [2.24, 2.45) is 0 Å². The monoisotopic (exact) mass is 655 g/mol. The van der Waals surface area contributed by atoms with Gasteiger partial charge in [0.1, 0.15) is 12.4 Å². The quantitative estimate of drug-likeness (QED) is 0.0813. The molecule has 46 heavy (non-hydrogen) atoms. The Morgan fingerprint density at radius 3 is 1.17 bits per heavy atom. The van der Waals surface area contributed by atoms with E-state index in [4.69, 9.17) is 43.3 Å². The van der Waals surface area contributed by atoms with Crippen molar-refractivity contribution in [1.82, 2.24) is 0 Å². The van der Waals surface area contributed by atoms with Crippen LogP contribution in [0.2, 0.25) is 5.04 Å². The van der Waals surface area contributed by atoms with Crippen molar-refractivity contribution in [3.63, 3.8) is 0 Å². The van der Waals surface area contributed by atoms with Gasteiger partial charge in [-0.25, -0.2) is 0 Å². The molecule has 0 atom stereocenters. The summed E-state index contributed by atoms with van der Waals surface area (Å²) in [6, 6.07) is 28.6. The topological polar surface area (TPSA) is 99.9 Å². The van der Waals surface area contributed by atoms with Crippen LogP contribution in [0.5, 0.6) is 5.75 Å². The minimum atomic E-state index is -2.53. The number of rotatable bonds is 25. The van der Waals surface area contributed by atoms with Gasteiger partial charge < -0.3 is 43.3 Å². The minimum Gasteiger partial charge on any atom is -0.491 e. The smallest absolute Gasteiger partial charge is 0.261 e. The molecule has 0 unspecified atom stereocenters. The Kier molecular flexibility index (Phi) is 17.9. The van der Waals surface area contributed by atoms with Gasteiger partial charge in [0.25, 0.3) is 8.32 Å². The Morgan fingerprint density at radius 2 is 0.804 bits per heavy atom. The number of nitrogens with two attached hydrogens (primary N) is 1. The molecule has 0 bridgehead atoms. The largest absolute Gasteiger partial charge is 0.491 e. The highest BCUT2D eigenvalue weighted by Gasteiger charge is 2.49. The number of hydrogen-bond donors (Lipinski definition) is 1. The molecule has 0 spiro atoms. The maximum Gasteiger partial charge on any atom is 0.261 e. The van der Waals surface area contributed by atoms with Crippen LogP contribution in [0, 0.1) is 0 Å². The molecule has 2 N–H and O–H groups in total. The second-order valence-electron chi connectivity index (χ2n) is 11.6. The molecule has 0 radical (unpaired) electrons. The summed E-state index contributed by atoms with van der Waals surface area (Å²) in [7, 11) is -2.53. The molecular weight excluding hydrogens is 602 g/mol. The third-order valence-electron chi connectivity index (χ3n) is 7.20. The predicted octanol–water partition coefficient (Wildman–Crippen LogP) is 4.32. The van der Waals surface area contributed by atoms with E-state index in [1.54, 1.807) is 12.1 Å². The van der Waals surface area contributed by atoms with Crippen molar-refractivity contribution in [3.05, 3.63) is 84.9 Å². The molecule has 0 fully saturated rings. The van der Waals surface area contributed by atoms with E-state index in [0.717, 1.165) is 5.75 Å². The zero-order chi connectivity index (χ0) is 32.8. The lowest BCUT2D eigenvalue weighted by atomic mass is 10.2. The Labute approximate surface area is 276 Å². The first kappa shape index (κ1) is 37.7. The van der Waals surface area contributed by atoms with Crippen LogP contribution in [0.3, 0.4) is 0 Å². The van der Waals surface area contributed by atoms with Crippen LogP contribution < -0.4 is 20.8 Å². The van der Waals surface area contributed by atoms with Gasteiger partial charge in [0.2, 0.25) is 0 Å². The van der Waals surface area contributed by atoms with Crippen molar-refractivity contribution in [2.45, 2.75) is 25.8 Å². The van der Waals surface area contributed by atoms with Gasteiger partial charge in [-0.1, -0.05) is 81.4 Å². The molecule has 3 aromatic carbocycles. The predicted molar refractivity (Wildman–Crippen MR) is 185 cm³/mol. The van der Waals surface area contributed by atoms with E-state index >= 15 is 0 Å². The molecule has 3 rings (SSSR count). The Morgan fingerprint density at radius 1 is 0.457 bits per heavy atom. The summed E-state index contributed by atoms with van der Waals surface area (Å²) in [5.74, 6) is 0.776. The van der Waals surface area contributed by atoms with Crippen LogP contribution in [-0.4, -0.2) is 101 Å². The molecule has 3 aromatic rings. The first-order valence-corrected chi connectivity index (χ1v) is 18.0. The van der Waals surface area contributed by atoms with Crippen molar-refractivity contribution < 1.29 is 37.6 Å². The summed E-state index contributed by atoms with van der Waals surface area (Å²) < 4.78 is 46.0. The van der Waals surface area contributed by atoms with Gasteiger partial charge in [0, 0.05) is 5.69 Å². The van der Waals surface area contributed by atoms with Gasteiger partial charge >= 0.3 is 0 Å². The van der Waals surface area contributed by atoms with Crippen LogP contribution in [0.25, 0.3) is 0 Å². The van der Waals surface area contributed by atoms with E-state index in [1.807, 2.05) is 12.1 Å². The summed E-state index contributed by atoms with van der Waals surface area (Å²) in [6.45, 7) is 13.9. The first-order chi connectivity index (χ1) is 22.4. The zero-order valence-corrected chi connectivity index (χ0v) is 28.8. The molecule has 0 aromatic heterocycles. The fourth-order valence-electron chi connectivity index (χ4n) is 5.00. The lowest BCUT2D eigenvalue weighted by molar-refractivity contribution is -0.0188. The van der Waals surface area contributed by atoms with E-state index in [0.29, 0.717) is 98.2 Å². The summed E-state index contributed by atoms with van der Waals surface area (Å²) in [5.41, 5.74) is 6.37. The van der Waals surface area contributed by atoms with Crippen LogP contribution in [-0.2, 0) is 32.8 Å². The maximum absolute atomic E-state index is 6.84. The van der Waals surface area contributed by atoms with Gasteiger partial charge in [-0.15, -0.1) is 0 Å². The molecule has 0 heterocycles. The number of ether oxygens (including phenoxy) is 7. The third kappa shape index (κ3) is 13.5. The molecule has 0 aliphatic heterocycles. The lowest BCUT2D eigenvalue weighted by Crippen LogP contribution is -2.66. The summed E-state index contributed by atoms with van der Waals surface area (Å²) in [5, 5.41) is 2.49. The average Bonchev–Trinajstić information content (AvgIpc) is 3.06. The zero-order valence-electron chi connectivity index (χ0n) is 27.8. The van der Waals surface area contributed by atoms with Gasteiger partial charge in [0.15, 0.2) is 0 Å². The van der Waals surface area contributed by atoms with E-state index in [2.05, 4.69) is 81.4 Å². The fraction of sp³-hybridized carbons (Fsp3) is 0.500. The molecule has 10 heteroatoms. The van der Waals surface area contributed by atoms with Crippen LogP contribution in [0.1, 0.15) is 20.8 Å². The highest BCUT2D eigenvalue weighted by Crippen LogP contribution is 2.36. The third-order valence-corrected chi connectivity index (χ3v) is 12.2. The van der Waals surface area contributed by atoms with Crippen molar-refractivity contribution in [3.8, 4) is 5.75 Å². The highest BCUT2D eigenvalue weighted by molar-refractivity contribution is 6.99. The van der Waals surface area contributed by atoms with Gasteiger partial charge in [-0.3, -0.25) is 0 Å². The lowest BCUT2D eigenvalue weighted by Gasteiger charge is -2.43. The normalized spacial score (nSPS) is 12.0. The van der Waals surface area contributed by atoms with Crippen molar-refractivity contribution >= 4 is 24.4 Å². The molecule has 0 saturated carbocycles. The molecule has 0 aliphatic carbocycles. The van der Waals surface area contributed by atoms with Crippen molar-refractivity contribution in [1.29, 1.82) is 0 Å². The van der Waals surface area contributed by atoms with Crippen LogP contribution in [0.15, 0.2) is 84.9 Å². The van der Waals surface area contributed by atoms with Gasteiger partial charge in [-0.05, 0) is 39.7 Å². The molecular formula is C36H53NO8Si. The Bertz CT molecular complexity index is 1120. The van der Waals surface area contributed by atoms with Crippen LogP contribution >= 0.6 is 0 Å². The van der Waals surface area contributed by atoms with E-state index in [1.165, 1.54) is 10.4 Å². The second kappa shape index (κ2) is 21.9. The summed E-state index contributed by atoms with van der Waals surface area (Å²) in [6.07, 6.45) is 0. The summed E-state index contributed by atoms with van der Waals surface area (Å²) >= 11 is 0. The fourth-order valence-corrected chi connectivity index (χ4v) is 9.54. The number of nitrogen functional groups attached to an aromatic ring is 1. The van der Waals surface area contributed by atoms with E-state index in [-0.39, 0.29) is 5.04 Å². The van der Waals surface area contributed by atoms with Crippen molar-refractivity contribution in [2.75, 3.05) is 98.2 Å². The molecule has 0 saturated heterocycles. The summed E-state index contributed by atoms with van der Waals surface area (Å²) in [4.78, 5) is 0. The SMILES string of the molecule is CC(C)(C)[Si](OCCOCCOCCOCCOCCOCCOCCOc1ccc(N)cc1)(c1ccccc1)c1ccccc1. The average molecular weight is 656 g/mol. The standard InChI is InChI=1S/C36H53NO8Si/c1-36(2,3)46(34-10-6-4-7-11-34,35-12-8-5-9-13-35)45-31-29-43-27-25-41-23-21-39-19-18-38-20-22-40-24-26-42-28-30-44-33-16-14-32(37)15-17-33/h4-17H,18-31,37H2,1-3H3. The van der Waals surface area contributed by atoms with E-state index < -0.39 is 8.32 Å². The first-order valence-electron chi connectivity index (χ1n) is 16.1. The minimum absolute atomic E-state index is 0.0521. The van der Waals surface area contributed by atoms with E-state index in [9.17, 15) is 0 Å². The number of benzene rings is 3. The number of hydrogen-bond acceptors (Lipinski definition) is 9. The van der Waals surface area contributed by atoms with Gasteiger partial charge in [0.05, 0.1) is 85.9 Å². The molecule has 9 nitrogen and oxygen atoms in total. The molecule has 0 aliphatic rings.